The largest absolute Gasteiger partial charge is 0.296 e. The zero-order valence-corrected chi connectivity index (χ0v) is 16.5. The summed E-state index contributed by atoms with van der Waals surface area (Å²) >= 11 is 7.33. The second kappa shape index (κ2) is 7.92. The van der Waals surface area contributed by atoms with E-state index in [2.05, 4.69) is 20.6 Å². The number of benzene rings is 2. The van der Waals surface area contributed by atoms with Gasteiger partial charge in [-0.1, -0.05) is 65.4 Å². The van der Waals surface area contributed by atoms with E-state index in [0.717, 1.165) is 16.1 Å². The summed E-state index contributed by atoms with van der Waals surface area (Å²) in [5.41, 5.74) is 2.96. The highest BCUT2D eigenvalue weighted by Gasteiger charge is 2.19. The number of carbonyl (C=O) groups is 1. The molecule has 4 aromatic rings. The molecule has 0 aliphatic carbocycles. The van der Waals surface area contributed by atoms with Gasteiger partial charge in [0.1, 0.15) is 10.7 Å². The third-order valence-electron chi connectivity index (χ3n) is 4.06. The first-order valence-corrected chi connectivity index (χ1v) is 9.77. The van der Waals surface area contributed by atoms with Crippen molar-refractivity contribution in [3.05, 3.63) is 82.0 Å². The molecule has 0 fully saturated rings. The number of anilines is 1. The predicted octanol–water partition coefficient (Wildman–Crippen LogP) is 4.66. The number of aryl methyl sites for hydroxylation is 1. The van der Waals surface area contributed by atoms with Crippen LogP contribution in [0, 0.1) is 6.92 Å². The monoisotopic (exact) mass is 409 g/mol. The van der Waals surface area contributed by atoms with Gasteiger partial charge in [0.05, 0.1) is 12.1 Å². The Morgan fingerprint density at radius 2 is 1.86 bits per heavy atom. The quantitative estimate of drug-likeness (QED) is 0.520. The van der Waals surface area contributed by atoms with Crippen molar-refractivity contribution in [1.82, 2.24) is 20.0 Å². The summed E-state index contributed by atoms with van der Waals surface area (Å²) < 4.78 is 1.76. The van der Waals surface area contributed by atoms with Crippen LogP contribution in [0.25, 0.3) is 11.3 Å². The van der Waals surface area contributed by atoms with E-state index in [1.54, 1.807) is 23.0 Å². The Hall–Kier alpha value is -3.03. The molecule has 1 N–H and O–H groups in total. The Kier molecular flexibility index (Phi) is 5.18. The van der Waals surface area contributed by atoms with E-state index in [0.29, 0.717) is 28.0 Å². The van der Waals surface area contributed by atoms with Crippen molar-refractivity contribution in [2.75, 3.05) is 5.32 Å². The molecule has 4 rings (SSSR count). The fraction of sp³-hybridized carbons (Fsp3) is 0.100. The van der Waals surface area contributed by atoms with Gasteiger partial charge in [0, 0.05) is 16.8 Å². The molecule has 0 atom stereocenters. The Labute approximate surface area is 170 Å². The maximum atomic E-state index is 12.9. The number of carbonyl (C=O) groups excluding carboxylic acids is 1. The molecule has 0 saturated heterocycles. The zero-order chi connectivity index (χ0) is 19.5. The van der Waals surface area contributed by atoms with Gasteiger partial charge in [0.15, 0.2) is 0 Å². The topological polar surface area (TPSA) is 72.7 Å². The fourth-order valence-corrected chi connectivity index (χ4v) is 3.48. The van der Waals surface area contributed by atoms with Gasteiger partial charge in [-0.05, 0) is 24.6 Å². The molecule has 2 aromatic heterocycles. The molecule has 0 spiro atoms. The van der Waals surface area contributed by atoms with E-state index in [-0.39, 0.29) is 5.91 Å². The van der Waals surface area contributed by atoms with Gasteiger partial charge in [-0.25, -0.2) is 0 Å². The van der Waals surface area contributed by atoms with Gasteiger partial charge >= 0.3 is 0 Å². The summed E-state index contributed by atoms with van der Waals surface area (Å²) in [6.45, 7) is 2.40. The molecule has 0 bridgehead atoms. The van der Waals surface area contributed by atoms with Crippen LogP contribution >= 0.6 is 22.9 Å². The highest BCUT2D eigenvalue weighted by Crippen LogP contribution is 2.25. The van der Waals surface area contributed by atoms with E-state index in [4.69, 9.17) is 11.6 Å². The van der Waals surface area contributed by atoms with Crippen molar-refractivity contribution in [3.8, 4) is 11.3 Å². The summed E-state index contributed by atoms with van der Waals surface area (Å²) in [5.74, 6) is -0.277. The first-order chi connectivity index (χ1) is 13.6. The fourth-order valence-electron chi connectivity index (χ4n) is 2.77. The minimum Gasteiger partial charge on any atom is -0.296 e. The molecule has 2 heterocycles. The van der Waals surface area contributed by atoms with E-state index in [9.17, 15) is 4.79 Å². The highest BCUT2D eigenvalue weighted by molar-refractivity contribution is 7.15. The molecular weight excluding hydrogens is 394 g/mol. The van der Waals surface area contributed by atoms with E-state index >= 15 is 0 Å². The maximum Gasteiger partial charge on any atom is 0.261 e. The van der Waals surface area contributed by atoms with Crippen LogP contribution in [0.4, 0.5) is 5.13 Å². The van der Waals surface area contributed by atoms with Crippen molar-refractivity contribution in [1.29, 1.82) is 0 Å². The molecule has 1 amide bonds. The van der Waals surface area contributed by atoms with Crippen molar-refractivity contribution < 1.29 is 4.79 Å². The summed E-state index contributed by atoms with van der Waals surface area (Å²) in [6.07, 6.45) is 1.75. The number of rotatable bonds is 5. The molecule has 0 aliphatic heterocycles. The third kappa shape index (κ3) is 4.11. The summed E-state index contributed by atoms with van der Waals surface area (Å²) in [6, 6.07) is 17.2. The normalized spacial score (nSPS) is 10.8. The van der Waals surface area contributed by atoms with Crippen molar-refractivity contribution in [2.45, 2.75) is 13.5 Å². The molecule has 0 radical (unpaired) electrons. The van der Waals surface area contributed by atoms with E-state index < -0.39 is 0 Å². The zero-order valence-electron chi connectivity index (χ0n) is 15.0. The van der Waals surface area contributed by atoms with Gasteiger partial charge in [0.2, 0.25) is 5.13 Å². The van der Waals surface area contributed by atoms with Crippen molar-refractivity contribution in [3.63, 3.8) is 0 Å². The van der Waals surface area contributed by atoms with E-state index in [1.165, 1.54) is 11.3 Å². The maximum absolute atomic E-state index is 12.9. The summed E-state index contributed by atoms with van der Waals surface area (Å²) in [5, 5.41) is 17.2. The molecule has 6 nitrogen and oxygen atoms in total. The number of nitrogens with zero attached hydrogens (tertiary/aromatic N) is 4. The van der Waals surface area contributed by atoms with Gasteiger partial charge in [0.25, 0.3) is 5.91 Å². The second-order valence-electron chi connectivity index (χ2n) is 6.16. The number of hydrogen-bond acceptors (Lipinski definition) is 5. The lowest BCUT2D eigenvalue weighted by Gasteiger charge is -2.02. The Balaban J connectivity index is 1.69. The van der Waals surface area contributed by atoms with Crippen LogP contribution in [0.15, 0.2) is 60.8 Å². The van der Waals surface area contributed by atoms with Crippen LogP contribution in [0.3, 0.4) is 0 Å². The van der Waals surface area contributed by atoms with Crippen molar-refractivity contribution in [2.24, 2.45) is 0 Å². The lowest BCUT2D eigenvalue weighted by molar-refractivity contribution is 0.102. The molecule has 8 heteroatoms. The molecule has 2 aromatic carbocycles. The lowest BCUT2D eigenvalue weighted by atomic mass is 10.1. The Bertz CT molecular complexity index is 1110. The molecule has 28 heavy (non-hydrogen) atoms. The molecule has 0 aliphatic rings. The first kappa shape index (κ1) is 18.3. The highest BCUT2D eigenvalue weighted by atomic mass is 35.5. The van der Waals surface area contributed by atoms with Crippen LogP contribution in [0.1, 0.15) is 20.9 Å². The minimum absolute atomic E-state index is 0.277. The Morgan fingerprint density at radius 3 is 2.54 bits per heavy atom. The third-order valence-corrected chi connectivity index (χ3v) is 5.06. The van der Waals surface area contributed by atoms with E-state index in [1.807, 2.05) is 49.4 Å². The molecule has 0 saturated carbocycles. The average molecular weight is 410 g/mol. The SMILES string of the molecule is Cc1nnc(NC(=O)c2cn(Cc3ccccc3)nc2-c2ccc(Cl)cc2)s1. The van der Waals surface area contributed by atoms with Crippen molar-refractivity contribution >= 4 is 34.0 Å². The molecule has 0 unspecified atom stereocenters. The minimum atomic E-state index is -0.277. The second-order valence-corrected chi connectivity index (χ2v) is 7.78. The average Bonchev–Trinajstić information content (AvgIpc) is 3.29. The van der Waals surface area contributed by atoms with Crippen LogP contribution in [-0.2, 0) is 6.54 Å². The number of halogens is 1. The van der Waals surface area contributed by atoms with Crippen LogP contribution in [-0.4, -0.2) is 25.9 Å². The van der Waals surface area contributed by atoms with Gasteiger partial charge in [-0.15, -0.1) is 10.2 Å². The van der Waals surface area contributed by atoms with Gasteiger partial charge < -0.3 is 0 Å². The number of nitrogens with one attached hydrogen (secondary N) is 1. The standard InChI is InChI=1S/C20H16ClN5OS/c1-13-23-24-20(28-13)22-19(27)17-12-26(11-14-5-3-2-4-6-14)25-18(17)15-7-9-16(21)10-8-15/h2-10,12H,11H2,1H3,(H,22,24,27). The lowest BCUT2D eigenvalue weighted by Crippen LogP contribution is -2.12. The first-order valence-electron chi connectivity index (χ1n) is 8.57. The summed E-state index contributed by atoms with van der Waals surface area (Å²) in [7, 11) is 0. The van der Waals surface area contributed by atoms with Gasteiger partial charge in [-0.2, -0.15) is 5.10 Å². The molecular formula is C20H16ClN5OS. The molecule has 140 valence electrons. The number of amides is 1. The number of hydrogen-bond donors (Lipinski definition) is 1. The van der Waals surface area contributed by atoms with Crippen LogP contribution in [0.2, 0.25) is 5.02 Å². The van der Waals surface area contributed by atoms with Crippen LogP contribution in [0.5, 0.6) is 0 Å². The summed E-state index contributed by atoms with van der Waals surface area (Å²) in [4.78, 5) is 12.9. The smallest absolute Gasteiger partial charge is 0.261 e. The van der Waals surface area contributed by atoms with Crippen LogP contribution < -0.4 is 5.32 Å². The predicted molar refractivity (Wildman–Crippen MR) is 111 cm³/mol. The van der Waals surface area contributed by atoms with Gasteiger partial charge in [-0.3, -0.25) is 14.8 Å². The Morgan fingerprint density at radius 1 is 1.11 bits per heavy atom. The number of aromatic nitrogens is 4.